The van der Waals surface area contributed by atoms with Gasteiger partial charge >= 0.3 is 0 Å². The van der Waals surface area contributed by atoms with Gasteiger partial charge in [-0.1, -0.05) is 6.92 Å². The van der Waals surface area contributed by atoms with E-state index >= 15 is 0 Å². The van der Waals surface area contributed by atoms with E-state index in [1.54, 1.807) is 19.3 Å². The van der Waals surface area contributed by atoms with Crippen molar-refractivity contribution in [3.63, 3.8) is 0 Å². The van der Waals surface area contributed by atoms with E-state index in [1.165, 1.54) is 16.8 Å². The molecule has 0 atom stereocenters. The Bertz CT molecular complexity index is 1230. The van der Waals surface area contributed by atoms with Crippen molar-refractivity contribution in [2.24, 2.45) is 7.05 Å². The number of aromatic nitrogens is 2. The molecular formula is C22H17F2N3O3. The number of ether oxygens (including phenoxy) is 1. The van der Waals surface area contributed by atoms with Crippen molar-refractivity contribution in [1.82, 2.24) is 9.55 Å². The number of benzene rings is 1. The van der Waals surface area contributed by atoms with Gasteiger partial charge < -0.3 is 14.6 Å². The molecule has 0 aliphatic heterocycles. The number of anilines is 1. The fourth-order valence-corrected chi connectivity index (χ4v) is 2.82. The molecule has 0 spiro atoms. The molecule has 0 unspecified atom stereocenters. The molecule has 0 fully saturated rings. The third kappa shape index (κ3) is 4.36. The molecule has 1 aromatic carbocycles. The highest BCUT2D eigenvalue weighted by Crippen LogP contribution is 2.34. The fraction of sp³-hybridized carbons (Fsp3) is 0.136. The summed E-state index contributed by atoms with van der Waals surface area (Å²) in [4.78, 5) is 27.9. The van der Waals surface area contributed by atoms with Crippen LogP contribution < -0.4 is 15.6 Å². The summed E-state index contributed by atoms with van der Waals surface area (Å²) >= 11 is 0. The molecule has 3 aromatic rings. The van der Waals surface area contributed by atoms with E-state index in [0.717, 1.165) is 12.1 Å². The maximum atomic E-state index is 14.1. The van der Waals surface area contributed by atoms with Crippen molar-refractivity contribution in [2.45, 2.75) is 13.3 Å². The van der Waals surface area contributed by atoms with Gasteiger partial charge in [0.1, 0.15) is 5.82 Å². The van der Waals surface area contributed by atoms with E-state index in [-0.39, 0.29) is 22.9 Å². The summed E-state index contributed by atoms with van der Waals surface area (Å²) in [6.07, 6.45) is 8.44. The van der Waals surface area contributed by atoms with Crippen LogP contribution in [0.2, 0.25) is 0 Å². The highest BCUT2D eigenvalue weighted by Gasteiger charge is 2.16. The first-order valence-electron chi connectivity index (χ1n) is 8.92. The Morgan fingerprint density at radius 1 is 1.30 bits per heavy atom. The normalized spacial score (nSPS) is 10.4. The topological polar surface area (TPSA) is 73.2 Å². The zero-order chi connectivity index (χ0) is 21.8. The maximum absolute atomic E-state index is 14.1. The van der Waals surface area contributed by atoms with E-state index < -0.39 is 17.5 Å². The van der Waals surface area contributed by atoms with Crippen LogP contribution in [0, 0.1) is 24.0 Å². The molecule has 0 aliphatic rings. The van der Waals surface area contributed by atoms with Crippen LogP contribution in [0.15, 0.2) is 47.5 Å². The van der Waals surface area contributed by atoms with Gasteiger partial charge in [0.05, 0.1) is 11.9 Å². The standard InChI is InChI=1S/C22H17F2N3O3/c1-4-13-8-14(12-27(3)22(13)29)17-10-16(26-20(28)5-2)11-25-21(17)30-19-7-6-15(23)9-18(19)24/h2,6-12H,4H2,1,3H3,(H,26,28). The molecule has 0 saturated heterocycles. The molecule has 30 heavy (non-hydrogen) atoms. The number of aryl methyl sites for hydroxylation is 2. The van der Waals surface area contributed by atoms with Gasteiger partial charge in [0.15, 0.2) is 11.6 Å². The molecule has 2 aromatic heterocycles. The lowest BCUT2D eigenvalue weighted by molar-refractivity contribution is -0.111. The quantitative estimate of drug-likeness (QED) is 0.653. The van der Waals surface area contributed by atoms with Gasteiger partial charge in [-0.3, -0.25) is 9.59 Å². The Morgan fingerprint density at radius 3 is 2.73 bits per heavy atom. The fourth-order valence-electron chi connectivity index (χ4n) is 2.82. The molecule has 152 valence electrons. The van der Waals surface area contributed by atoms with Crippen LogP contribution in [0.3, 0.4) is 0 Å². The monoisotopic (exact) mass is 409 g/mol. The van der Waals surface area contributed by atoms with Gasteiger partial charge in [0.25, 0.3) is 11.5 Å². The van der Waals surface area contributed by atoms with Crippen LogP contribution in [0.4, 0.5) is 14.5 Å². The number of hydrogen-bond donors (Lipinski definition) is 1. The van der Waals surface area contributed by atoms with Crippen LogP contribution in [0.1, 0.15) is 12.5 Å². The third-order valence-corrected chi connectivity index (χ3v) is 4.29. The maximum Gasteiger partial charge on any atom is 0.300 e. The first kappa shape index (κ1) is 20.7. The first-order chi connectivity index (χ1) is 14.3. The van der Waals surface area contributed by atoms with E-state index in [2.05, 4.69) is 10.3 Å². The lowest BCUT2D eigenvalue weighted by Gasteiger charge is -2.14. The summed E-state index contributed by atoms with van der Waals surface area (Å²) < 4.78 is 34.3. The summed E-state index contributed by atoms with van der Waals surface area (Å²) in [6.45, 7) is 1.84. The summed E-state index contributed by atoms with van der Waals surface area (Å²) in [6, 6.07) is 6.10. The summed E-state index contributed by atoms with van der Waals surface area (Å²) in [5, 5.41) is 2.48. The number of nitrogens with zero attached hydrogens (tertiary/aromatic N) is 2. The van der Waals surface area contributed by atoms with E-state index in [9.17, 15) is 18.4 Å². The third-order valence-electron chi connectivity index (χ3n) is 4.29. The van der Waals surface area contributed by atoms with Crippen LogP contribution in [-0.2, 0) is 18.3 Å². The van der Waals surface area contributed by atoms with Crippen LogP contribution in [0.5, 0.6) is 11.6 Å². The van der Waals surface area contributed by atoms with Crippen molar-refractivity contribution in [2.75, 3.05) is 5.32 Å². The van der Waals surface area contributed by atoms with Crippen LogP contribution >= 0.6 is 0 Å². The smallest absolute Gasteiger partial charge is 0.300 e. The van der Waals surface area contributed by atoms with Gasteiger partial charge in [-0.05, 0) is 36.6 Å². The molecule has 0 bridgehead atoms. The molecule has 3 rings (SSSR count). The van der Waals surface area contributed by atoms with Crippen molar-refractivity contribution in [1.29, 1.82) is 0 Å². The number of rotatable bonds is 5. The van der Waals surface area contributed by atoms with E-state index in [4.69, 9.17) is 11.2 Å². The number of nitrogens with one attached hydrogen (secondary N) is 1. The van der Waals surface area contributed by atoms with E-state index in [1.807, 2.05) is 12.8 Å². The number of pyridine rings is 2. The number of terminal acetylenes is 1. The summed E-state index contributed by atoms with van der Waals surface area (Å²) in [5.41, 5.74) is 1.60. The molecule has 0 saturated carbocycles. The van der Waals surface area contributed by atoms with Crippen LogP contribution in [-0.4, -0.2) is 15.5 Å². The van der Waals surface area contributed by atoms with Gasteiger partial charge in [-0.2, -0.15) is 0 Å². The second-order valence-corrected chi connectivity index (χ2v) is 6.38. The van der Waals surface area contributed by atoms with Crippen molar-refractivity contribution in [3.8, 4) is 35.1 Å². The average Bonchev–Trinajstić information content (AvgIpc) is 2.72. The first-order valence-corrected chi connectivity index (χ1v) is 8.92. The minimum absolute atomic E-state index is 0.0000770. The summed E-state index contributed by atoms with van der Waals surface area (Å²) in [5.74, 6) is -0.611. The van der Waals surface area contributed by atoms with E-state index in [0.29, 0.717) is 29.2 Å². The molecular weight excluding hydrogens is 392 g/mol. The van der Waals surface area contributed by atoms with Crippen molar-refractivity contribution in [3.05, 3.63) is 70.3 Å². The average molecular weight is 409 g/mol. The van der Waals surface area contributed by atoms with Crippen LogP contribution in [0.25, 0.3) is 11.1 Å². The Labute approximate surface area is 171 Å². The molecule has 1 N–H and O–H groups in total. The molecule has 0 aliphatic carbocycles. The second kappa shape index (κ2) is 8.57. The zero-order valence-electron chi connectivity index (χ0n) is 16.2. The SMILES string of the molecule is C#CC(=O)Nc1cnc(Oc2ccc(F)cc2F)c(-c2cc(CC)c(=O)n(C)c2)c1. The zero-order valence-corrected chi connectivity index (χ0v) is 16.2. The molecule has 0 radical (unpaired) electrons. The molecule has 6 nitrogen and oxygen atoms in total. The molecule has 2 heterocycles. The number of carbonyl (C=O) groups excluding carboxylic acids is 1. The van der Waals surface area contributed by atoms with Gasteiger partial charge in [-0.15, -0.1) is 6.42 Å². The minimum atomic E-state index is -0.901. The lowest BCUT2D eigenvalue weighted by atomic mass is 10.1. The van der Waals surface area contributed by atoms with Gasteiger partial charge in [-0.25, -0.2) is 13.8 Å². The predicted octanol–water partition coefficient (Wildman–Crippen LogP) is 3.65. The summed E-state index contributed by atoms with van der Waals surface area (Å²) in [7, 11) is 1.60. The Morgan fingerprint density at radius 2 is 2.07 bits per heavy atom. The van der Waals surface area contributed by atoms with Crippen molar-refractivity contribution >= 4 is 11.6 Å². The highest BCUT2D eigenvalue weighted by molar-refractivity contribution is 6.03. The second-order valence-electron chi connectivity index (χ2n) is 6.38. The Hall–Kier alpha value is -3.99. The number of hydrogen-bond acceptors (Lipinski definition) is 4. The highest BCUT2D eigenvalue weighted by atomic mass is 19.1. The molecule has 1 amide bonds. The lowest BCUT2D eigenvalue weighted by Crippen LogP contribution is -2.20. The van der Waals surface area contributed by atoms with Gasteiger partial charge in [0.2, 0.25) is 5.88 Å². The number of amides is 1. The Balaban J connectivity index is 2.15. The molecule has 8 heteroatoms. The van der Waals surface area contributed by atoms with Crippen molar-refractivity contribution < 1.29 is 18.3 Å². The Kier molecular flexibility index (Phi) is 5.93. The minimum Gasteiger partial charge on any atom is -0.435 e. The largest absolute Gasteiger partial charge is 0.435 e. The van der Waals surface area contributed by atoms with Gasteiger partial charge in [0, 0.05) is 36.0 Å². The predicted molar refractivity (Wildman–Crippen MR) is 108 cm³/mol. The number of halogens is 2. The number of carbonyl (C=O) groups is 1.